The average Bonchev–Trinajstić information content (AvgIpc) is 3.18. The maximum absolute atomic E-state index is 13.1. The Morgan fingerprint density at radius 3 is 2.11 bits per heavy atom. The van der Waals surface area contributed by atoms with Crippen LogP contribution >= 0.6 is 0 Å². The molecule has 54 heavy (non-hydrogen) atoms. The molecule has 6 bridgehead atoms. The second-order valence-electron chi connectivity index (χ2n) is 15.1. The molecule has 0 radical (unpaired) electrons. The van der Waals surface area contributed by atoms with E-state index in [2.05, 4.69) is 59.5 Å². The van der Waals surface area contributed by atoms with Gasteiger partial charge in [0.2, 0.25) is 5.75 Å². The SMILES string of the molecule is COc1cc2c3cc1Oc1c(OC)c(OC)cc4c1[C@H](Cc1ccc(cc1)Oc1cc(ccc1OC(=O)NC1CCCCC1)C[C@H]3N(C)CC2)N(C)CC4. The number of fused-ring (bicyclic) bond motifs is 2. The van der Waals surface area contributed by atoms with E-state index in [9.17, 15) is 4.79 Å². The summed E-state index contributed by atoms with van der Waals surface area (Å²) in [5.74, 6) is 4.71. The van der Waals surface area contributed by atoms with Crippen molar-refractivity contribution in [1.82, 2.24) is 15.1 Å². The van der Waals surface area contributed by atoms with Crippen LogP contribution in [0.15, 0.2) is 60.7 Å². The van der Waals surface area contributed by atoms with E-state index in [1.807, 2.05) is 30.3 Å². The number of benzene rings is 4. The van der Waals surface area contributed by atoms with Gasteiger partial charge in [0, 0.05) is 36.8 Å². The Morgan fingerprint density at radius 1 is 0.704 bits per heavy atom. The first-order valence-electron chi connectivity index (χ1n) is 19.3. The van der Waals surface area contributed by atoms with Crippen LogP contribution in [0.1, 0.15) is 77.6 Å². The van der Waals surface area contributed by atoms with Crippen LogP contribution in [-0.4, -0.2) is 70.4 Å². The fraction of sp³-hybridized carbons (Fsp3) is 0.432. The molecule has 1 saturated carbocycles. The first-order chi connectivity index (χ1) is 26.3. The van der Waals surface area contributed by atoms with Crippen molar-refractivity contribution in [1.29, 1.82) is 0 Å². The fourth-order valence-corrected chi connectivity index (χ4v) is 8.73. The monoisotopic (exact) mass is 733 g/mol. The van der Waals surface area contributed by atoms with Gasteiger partial charge < -0.3 is 33.7 Å². The Kier molecular flexibility index (Phi) is 10.3. The number of nitrogens with one attached hydrogen (secondary N) is 1. The van der Waals surface area contributed by atoms with E-state index in [0.29, 0.717) is 52.4 Å². The molecule has 5 aliphatic rings. The molecule has 284 valence electrons. The lowest BCUT2D eigenvalue weighted by molar-refractivity contribution is 0.190. The first kappa shape index (κ1) is 36.1. The number of hydrogen-bond donors (Lipinski definition) is 1. The van der Waals surface area contributed by atoms with Crippen molar-refractivity contribution >= 4 is 6.09 Å². The van der Waals surface area contributed by atoms with Crippen molar-refractivity contribution < 1.29 is 33.2 Å². The van der Waals surface area contributed by atoms with Crippen molar-refractivity contribution in [2.45, 2.75) is 75.9 Å². The van der Waals surface area contributed by atoms with Crippen LogP contribution in [0.5, 0.6) is 46.0 Å². The van der Waals surface area contributed by atoms with Gasteiger partial charge in [-0.3, -0.25) is 9.80 Å². The zero-order valence-electron chi connectivity index (χ0n) is 32.0. The maximum atomic E-state index is 13.1. The summed E-state index contributed by atoms with van der Waals surface area (Å²) in [6.45, 7) is 1.78. The summed E-state index contributed by atoms with van der Waals surface area (Å²) >= 11 is 0. The van der Waals surface area contributed by atoms with E-state index < -0.39 is 6.09 Å². The molecule has 1 N–H and O–H groups in total. The molecule has 4 aromatic rings. The quantitative estimate of drug-likeness (QED) is 0.217. The molecule has 1 aliphatic carbocycles. The zero-order valence-corrected chi connectivity index (χ0v) is 32.0. The third kappa shape index (κ3) is 7.17. The van der Waals surface area contributed by atoms with E-state index >= 15 is 0 Å². The zero-order chi connectivity index (χ0) is 37.3. The number of rotatable bonds is 5. The molecule has 0 saturated heterocycles. The summed E-state index contributed by atoms with van der Waals surface area (Å²) in [6.07, 6.45) is 8.12. The lowest BCUT2D eigenvalue weighted by Crippen LogP contribution is -2.38. The van der Waals surface area contributed by atoms with E-state index in [1.165, 1.54) is 23.1 Å². The molecule has 4 aliphatic heterocycles. The highest BCUT2D eigenvalue weighted by Gasteiger charge is 2.35. The van der Waals surface area contributed by atoms with Gasteiger partial charge in [-0.25, -0.2) is 4.79 Å². The molecular weight excluding hydrogens is 682 g/mol. The van der Waals surface area contributed by atoms with Crippen LogP contribution < -0.4 is 33.7 Å². The van der Waals surface area contributed by atoms with Gasteiger partial charge in [-0.05, 0) is 123 Å². The van der Waals surface area contributed by atoms with E-state index in [-0.39, 0.29) is 18.1 Å². The van der Waals surface area contributed by atoms with Gasteiger partial charge in [0.05, 0.1) is 21.3 Å². The summed E-state index contributed by atoms with van der Waals surface area (Å²) in [4.78, 5) is 17.9. The Hall–Kier alpha value is -4.93. The average molecular weight is 734 g/mol. The number of carbonyl (C=O) groups is 1. The van der Waals surface area contributed by atoms with Gasteiger partial charge in [-0.1, -0.05) is 37.5 Å². The molecule has 0 unspecified atom stereocenters. The highest BCUT2D eigenvalue weighted by atomic mass is 16.6. The minimum atomic E-state index is -0.447. The summed E-state index contributed by atoms with van der Waals surface area (Å²) in [5, 5.41) is 3.08. The topological polar surface area (TPSA) is 91.0 Å². The van der Waals surface area contributed by atoms with Crippen LogP contribution in [0.2, 0.25) is 0 Å². The molecule has 4 heterocycles. The largest absolute Gasteiger partial charge is 0.493 e. The molecule has 10 nitrogen and oxygen atoms in total. The number of nitrogens with zero attached hydrogens (tertiary/aromatic N) is 2. The number of ether oxygens (including phenoxy) is 6. The van der Waals surface area contributed by atoms with E-state index in [0.717, 1.165) is 74.7 Å². The molecule has 4 aromatic carbocycles. The van der Waals surface area contributed by atoms with Crippen molar-refractivity contribution in [3.8, 4) is 46.0 Å². The number of carbonyl (C=O) groups excluding carboxylic acids is 1. The van der Waals surface area contributed by atoms with Crippen molar-refractivity contribution in [3.05, 3.63) is 94.0 Å². The molecule has 0 aromatic heterocycles. The molecule has 10 heteroatoms. The summed E-state index contributed by atoms with van der Waals surface area (Å²) < 4.78 is 37.6. The first-order valence-corrected chi connectivity index (χ1v) is 19.3. The summed E-state index contributed by atoms with van der Waals surface area (Å²) in [5.41, 5.74) is 6.86. The molecule has 0 spiro atoms. The number of methoxy groups -OCH3 is 3. The Bertz CT molecular complexity index is 2010. The Morgan fingerprint density at radius 2 is 1.37 bits per heavy atom. The van der Waals surface area contributed by atoms with Gasteiger partial charge in [-0.15, -0.1) is 0 Å². The summed E-state index contributed by atoms with van der Waals surface area (Å²) in [7, 11) is 9.36. The standard InChI is InChI=1S/C44H51N3O7/c1-46-19-17-29-24-37(49-3)39-26-33(29)34(46)22-28-13-16-36(54-44(48)45-31-9-7-6-8-10-31)38(23-28)52-32-14-11-27(12-15-32)21-35-41-30(18-20-47(35)2)25-40(50-4)42(51-5)43(41)53-39/h11-16,23-26,31,34-35H,6-10,17-22H2,1-5H3,(H,45,48)/t34-,35+/m1/s1. The maximum Gasteiger partial charge on any atom is 0.412 e. The lowest BCUT2D eigenvalue weighted by Gasteiger charge is -2.37. The van der Waals surface area contributed by atoms with Crippen LogP contribution in [0.25, 0.3) is 0 Å². The van der Waals surface area contributed by atoms with E-state index in [4.69, 9.17) is 28.4 Å². The molecular formula is C44H51N3O7. The van der Waals surface area contributed by atoms with Crippen LogP contribution in [0.4, 0.5) is 4.79 Å². The number of likely N-dealkylation sites (N-methyl/N-ethyl adjacent to an activating group) is 2. The smallest absolute Gasteiger partial charge is 0.412 e. The molecule has 9 rings (SSSR count). The highest BCUT2D eigenvalue weighted by Crippen LogP contribution is 2.52. The normalized spacial score (nSPS) is 20.0. The van der Waals surface area contributed by atoms with Crippen LogP contribution in [0, 0.1) is 0 Å². The van der Waals surface area contributed by atoms with Crippen molar-refractivity contribution in [2.75, 3.05) is 48.5 Å². The highest BCUT2D eigenvalue weighted by molar-refractivity contribution is 5.72. The number of hydrogen-bond acceptors (Lipinski definition) is 9. The minimum absolute atomic E-state index is 0.00364. The Labute approximate surface area is 318 Å². The summed E-state index contributed by atoms with van der Waals surface area (Å²) in [6, 6.07) is 20.6. The molecule has 2 atom stereocenters. The third-order valence-electron chi connectivity index (χ3n) is 11.8. The second-order valence-corrected chi connectivity index (χ2v) is 15.1. The van der Waals surface area contributed by atoms with E-state index in [1.54, 1.807) is 21.3 Å². The van der Waals surface area contributed by atoms with Crippen LogP contribution in [-0.2, 0) is 25.7 Å². The third-order valence-corrected chi connectivity index (χ3v) is 11.8. The Balaban J connectivity index is 1.25. The lowest BCUT2D eigenvalue weighted by atomic mass is 9.87. The van der Waals surface area contributed by atoms with Crippen molar-refractivity contribution in [3.63, 3.8) is 0 Å². The van der Waals surface area contributed by atoms with Gasteiger partial charge >= 0.3 is 6.09 Å². The predicted molar refractivity (Wildman–Crippen MR) is 207 cm³/mol. The van der Waals surface area contributed by atoms with Crippen molar-refractivity contribution in [2.24, 2.45) is 0 Å². The van der Waals surface area contributed by atoms with Gasteiger partial charge in [0.25, 0.3) is 0 Å². The predicted octanol–water partition coefficient (Wildman–Crippen LogP) is 8.57. The molecule has 1 fully saturated rings. The van der Waals surface area contributed by atoms with Crippen LogP contribution in [0.3, 0.4) is 0 Å². The number of amides is 1. The fourth-order valence-electron chi connectivity index (χ4n) is 8.73. The second kappa shape index (κ2) is 15.4. The van der Waals surface area contributed by atoms with Gasteiger partial charge in [0.15, 0.2) is 34.5 Å². The van der Waals surface area contributed by atoms with Gasteiger partial charge in [0.1, 0.15) is 5.75 Å². The minimum Gasteiger partial charge on any atom is -0.493 e. The molecule has 1 amide bonds. The van der Waals surface area contributed by atoms with Gasteiger partial charge in [-0.2, -0.15) is 0 Å².